The molecular formula is C16H19NO2. The Morgan fingerprint density at radius 3 is 2.58 bits per heavy atom. The number of aromatic nitrogens is 1. The molecule has 0 fully saturated rings. The molecule has 3 heteroatoms. The largest absolute Gasteiger partial charge is 0.481 e. The van der Waals surface area contributed by atoms with E-state index in [0.29, 0.717) is 6.42 Å². The number of nitrogens with zero attached hydrogens (tertiary/aromatic N) is 1. The van der Waals surface area contributed by atoms with Gasteiger partial charge >= 0.3 is 5.97 Å². The van der Waals surface area contributed by atoms with Gasteiger partial charge in [-0.3, -0.25) is 9.78 Å². The number of carbonyl (C=O) groups is 1. The van der Waals surface area contributed by atoms with Crippen molar-refractivity contribution in [2.75, 3.05) is 0 Å². The van der Waals surface area contributed by atoms with Crippen molar-refractivity contribution in [3.8, 4) is 0 Å². The van der Waals surface area contributed by atoms with Crippen molar-refractivity contribution in [1.29, 1.82) is 0 Å². The number of pyridine rings is 1. The molecule has 19 heavy (non-hydrogen) atoms. The zero-order chi connectivity index (χ0) is 14.0. The summed E-state index contributed by atoms with van der Waals surface area (Å²) in [7, 11) is 0. The first kappa shape index (κ1) is 13.5. The van der Waals surface area contributed by atoms with Gasteiger partial charge in [-0.25, -0.2) is 0 Å². The van der Waals surface area contributed by atoms with Gasteiger partial charge in [0.2, 0.25) is 0 Å². The molecule has 1 aromatic carbocycles. The lowest BCUT2D eigenvalue weighted by Crippen LogP contribution is -2.14. The number of carboxylic acids is 1. The third kappa shape index (κ3) is 3.11. The third-order valence-corrected chi connectivity index (χ3v) is 3.18. The summed E-state index contributed by atoms with van der Waals surface area (Å²) in [6.07, 6.45) is 0.693. The summed E-state index contributed by atoms with van der Waals surface area (Å²) in [6, 6.07) is 9.96. The van der Waals surface area contributed by atoms with Crippen LogP contribution < -0.4 is 0 Å². The Morgan fingerprint density at radius 2 is 1.95 bits per heavy atom. The molecule has 0 saturated carbocycles. The van der Waals surface area contributed by atoms with Crippen LogP contribution in [-0.2, 0) is 16.6 Å². The van der Waals surface area contributed by atoms with Gasteiger partial charge in [0, 0.05) is 22.9 Å². The molecule has 0 radical (unpaired) electrons. The van der Waals surface area contributed by atoms with Gasteiger partial charge in [-0.05, 0) is 24.1 Å². The molecule has 0 atom stereocenters. The maximum atomic E-state index is 10.8. The Kier molecular flexibility index (Phi) is 3.56. The van der Waals surface area contributed by atoms with E-state index in [4.69, 9.17) is 5.11 Å². The highest BCUT2D eigenvalue weighted by Gasteiger charge is 2.17. The van der Waals surface area contributed by atoms with E-state index in [-0.39, 0.29) is 11.8 Å². The van der Waals surface area contributed by atoms with E-state index in [2.05, 4.69) is 25.8 Å². The second kappa shape index (κ2) is 5.00. The number of rotatable bonds is 3. The average Bonchev–Trinajstić information content (AvgIpc) is 2.34. The van der Waals surface area contributed by atoms with Gasteiger partial charge in [0.05, 0.1) is 5.52 Å². The van der Waals surface area contributed by atoms with Gasteiger partial charge in [0.25, 0.3) is 0 Å². The lowest BCUT2D eigenvalue weighted by Gasteiger charge is -2.20. The van der Waals surface area contributed by atoms with Gasteiger partial charge in [-0.15, -0.1) is 0 Å². The number of para-hydroxylation sites is 1. The average molecular weight is 257 g/mol. The summed E-state index contributed by atoms with van der Waals surface area (Å²) in [5.74, 6) is -0.766. The second-order valence-electron chi connectivity index (χ2n) is 5.83. The van der Waals surface area contributed by atoms with Crippen molar-refractivity contribution in [1.82, 2.24) is 4.98 Å². The number of hydrogen-bond donors (Lipinski definition) is 1. The van der Waals surface area contributed by atoms with Crippen LogP contribution in [0.2, 0.25) is 0 Å². The monoisotopic (exact) mass is 257 g/mol. The van der Waals surface area contributed by atoms with Crippen LogP contribution in [0.3, 0.4) is 0 Å². The van der Waals surface area contributed by atoms with E-state index in [9.17, 15) is 4.79 Å². The maximum absolute atomic E-state index is 10.8. The fourth-order valence-corrected chi connectivity index (χ4v) is 2.08. The summed E-state index contributed by atoms with van der Waals surface area (Å²) in [5, 5.41) is 9.91. The molecule has 1 N–H and O–H groups in total. The zero-order valence-corrected chi connectivity index (χ0v) is 11.6. The first-order chi connectivity index (χ1) is 8.88. The van der Waals surface area contributed by atoms with Crippen LogP contribution in [0.25, 0.3) is 10.9 Å². The summed E-state index contributed by atoms with van der Waals surface area (Å²) < 4.78 is 0. The minimum Gasteiger partial charge on any atom is -0.481 e. The second-order valence-corrected chi connectivity index (χ2v) is 5.83. The van der Waals surface area contributed by atoms with Gasteiger partial charge in [0.1, 0.15) is 0 Å². The lowest BCUT2D eigenvalue weighted by molar-refractivity contribution is -0.136. The number of hydrogen-bond acceptors (Lipinski definition) is 2. The van der Waals surface area contributed by atoms with Crippen molar-refractivity contribution in [2.45, 2.75) is 39.0 Å². The number of carboxylic acid groups (broad SMARTS) is 1. The predicted molar refractivity (Wildman–Crippen MR) is 76.4 cm³/mol. The van der Waals surface area contributed by atoms with Crippen molar-refractivity contribution in [2.24, 2.45) is 0 Å². The Morgan fingerprint density at radius 1 is 1.26 bits per heavy atom. The van der Waals surface area contributed by atoms with Crippen molar-refractivity contribution in [3.05, 3.63) is 41.6 Å². The number of benzene rings is 1. The van der Waals surface area contributed by atoms with E-state index >= 15 is 0 Å². The van der Waals surface area contributed by atoms with E-state index in [1.807, 2.05) is 30.3 Å². The van der Waals surface area contributed by atoms with Gasteiger partial charge in [-0.1, -0.05) is 39.0 Å². The maximum Gasteiger partial charge on any atom is 0.303 e. The smallest absolute Gasteiger partial charge is 0.303 e. The van der Waals surface area contributed by atoms with Crippen molar-refractivity contribution in [3.63, 3.8) is 0 Å². The highest BCUT2D eigenvalue weighted by molar-refractivity contribution is 5.83. The van der Waals surface area contributed by atoms with Crippen LogP contribution in [0, 0.1) is 0 Å². The molecule has 3 nitrogen and oxygen atoms in total. The number of aryl methyl sites for hydroxylation is 1. The molecule has 0 amide bonds. The number of aliphatic carboxylic acids is 1. The molecule has 0 aliphatic rings. The highest BCUT2D eigenvalue weighted by Crippen LogP contribution is 2.26. The molecule has 0 spiro atoms. The van der Waals surface area contributed by atoms with E-state index in [1.165, 1.54) is 0 Å². The molecule has 0 aliphatic carbocycles. The SMILES string of the molecule is CC(C)(C)c1cc(CCC(=O)O)c2ccccc2n1. The molecule has 1 aromatic heterocycles. The van der Waals surface area contributed by atoms with Crippen LogP contribution >= 0.6 is 0 Å². The first-order valence-corrected chi connectivity index (χ1v) is 6.49. The minimum absolute atomic E-state index is 0.0397. The lowest BCUT2D eigenvalue weighted by atomic mass is 9.89. The van der Waals surface area contributed by atoms with Crippen LogP contribution in [0.5, 0.6) is 0 Å². The summed E-state index contributed by atoms with van der Waals surface area (Å²) in [4.78, 5) is 15.5. The zero-order valence-electron chi connectivity index (χ0n) is 11.6. The summed E-state index contributed by atoms with van der Waals surface area (Å²) >= 11 is 0. The summed E-state index contributed by atoms with van der Waals surface area (Å²) in [6.45, 7) is 6.35. The molecule has 2 rings (SSSR count). The minimum atomic E-state index is -0.766. The van der Waals surface area contributed by atoms with Crippen molar-refractivity contribution < 1.29 is 9.90 Å². The van der Waals surface area contributed by atoms with E-state index < -0.39 is 5.97 Å². The standard InChI is InChI=1S/C16H19NO2/c1-16(2,3)14-10-11(8-9-15(18)19)12-6-4-5-7-13(12)17-14/h4-7,10H,8-9H2,1-3H3,(H,18,19). The molecular weight excluding hydrogens is 238 g/mol. The quantitative estimate of drug-likeness (QED) is 0.914. The fraction of sp³-hybridized carbons (Fsp3) is 0.375. The van der Waals surface area contributed by atoms with Crippen LogP contribution in [-0.4, -0.2) is 16.1 Å². The van der Waals surface area contributed by atoms with Gasteiger partial charge in [0.15, 0.2) is 0 Å². The Labute approximate surface area is 113 Å². The fourth-order valence-electron chi connectivity index (χ4n) is 2.08. The molecule has 0 unspecified atom stereocenters. The van der Waals surface area contributed by atoms with E-state index in [1.54, 1.807) is 0 Å². The van der Waals surface area contributed by atoms with E-state index in [0.717, 1.165) is 22.2 Å². The Bertz CT molecular complexity index is 612. The third-order valence-electron chi connectivity index (χ3n) is 3.18. The Balaban J connectivity index is 2.55. The first-order valence-electron chi connectivity index (χ1n) is 6.49. The van der Waals surface area contributed by atoms with Gasteiger partial charge in [-0.2, -0.15) is 0 Å². The molecule has 0 aliphatic heterocycles. The molecule has 2 aromatic rings. The number of fused-ring (bicyclic) bond motifs is 1. The van der Waals surface area contributed by atoms with Crippen LogP contribution in [0.4, 0.5) is 0 Å². The molecule has 100 valence electrons. The predicted octanol–water partition coefficient (Wildman–Crippen LogP) is 3.55. The normalized spacial score (nSPS) is 11.7. The topological polar surface area (TPSA) is 50.2 Å². The van der Waals surface area contributed by atoms with Gasteiger partial charge < -0.3 is 5.11 Å². The Hall–Kier alpha value is -1.90. The van der Waals surface area contributed by atoms with Crippen LogP contribution in [0.15, 0.2) is 30.3 Å². The van der Waals surface area contributed by atoms with Crippen LogP contribution in [0.1, 0.15) is 38.4 Å². The highest BCUT2D eigenvalue weighted by atomic mass is 16.4. The molecule has 0 saturated heterocycles. The summed E-state index contributed by atoms with van der Waals surface area (Å²) in [5.41, 5.74) is 2.97. The molecule has 0 bridgehead atoms. The molecule has 1 heterocycles. The van der Waals surface area contributed by atoms with Crippen molar-refractivity contribution >= 4 is 16.9 Å².